The number of fused-ring (bicyclic) bond motifs is 1. The Balaban J connectivity index is 1.82. The van der Waals surface area contributed by atoms with Crippen LogP contribution in [-0.2, 0) is 20.6 Å². The smallest absolute Gasteiger partial charge is 0.354 e. The number of amides is 3. The van der Waals surface area contributed by atoms with E-state index in [0.717, 1.165) is 18.6 Å². The van der Waals surface area contributed by atoms with Gasteiger partial charge in [0.2, 0.25) is 18.5 Å². The van der Waals surface area contributed by atoms with Crippen molar-refractivity contribution in [3.63, 3.8) is 0 Å². The minimum atomic E-state index is -4.51. The molecule has 0 radical (unpaired) electrons. The Morgan fingerprint density at radius 2 is 1.79 bits per heavy atom. The van der Waals surface area contributed by atoms with E-state index in [1.807, 2.05) is 13.8 Å². The van der Waals surface area contributed by atoms with Crippen molar-refractivity contribution in [2.24, 2.45) is 10.9 Å². The van der Waals surface area contributed by atoms with Gasteiger partial charge in [-0.3, -0.25) is 14.4 Å². The van der Waals surface area contributed by atoms with Gasteiger partial charge in [0, 0.05) is 24.7 Å². The summed E-state index contributed by atoms with van der Waals surface area (Å²) in [5.41, 5.74) is -0.417. The highest BCUT2D eigenvalue weighted by atomic mass is 19.4. The highest BCUT2D eigenvalue weighted by Gasteiger charge is 2.51. The second-order valence-electron chi connectivity index (χ2n) is 10.5. The molecule has 1 N–H and O–H groups in total. The zero-order chi connectivity index (χ0) is 28.4. The van der Waals surface area contributed by atoms with Crippen LogP contribution in [0, 0.1) is 5.92 Å². The van der Waals surface area contributed by atoms with Crippen molar-refractivity contribution in [3.05, 3.63) is 65.2 Å². The Labute approximate surface area is 226 Å². The Morgan fingerprint density at radius 1 is 1.15 bits per heavy atom. The average Bonchev–Trinajstić information content (AvgIpc) is 3.37. The maximum atomic E-state index is 13.8. The Kier molecular flexibility index (Phi) is 8.13. The number of nitrogens with one attached hydrogen (secondary N) is 1. The van der Waals surface area contributed by atoms with Crippen molar-refractivity contribution in [2.45, 2.75) is 63.8 Å². The van der Waals surface area contributed by atoms with E-state index >= 15 is 0 Å². The van der Waals surface area contributed by atoms with Crippen LogP contribution in [-0.4, -0.2) is 54.1 Å². The van der Waals surface area contributed by atoms with Crippen LogP contribution in [0.3, 0.4) is 0 Å². The third-order valence-electron chi connectivity index (χ3n) is 7.54. The Morgan fingerprint density at radius 3 is 2.38 bits per heavy atom. The minimum Gasteiger partial charge on any atom is -0.354 e. The summed E-state index contributed by atoms with van der Waals surface area (Å²) in [4.78, 5) is 47.4. The van der Waals surface area contributed by atoms with Crippen LogP contribution >= 0.6 is 0 Å². The maximum absolute atomic E-state index is 13.8. The molecule has 1 atom stereocenters. The molecule has 0 bridgehead atoms. The van der Waals surface area contributed by atoms with Crippen LogP contribution in [0.5, 0.6) is 0 Å². The van der Waals surface area contributed by atoms with Crippen molar-refractivity contribution in [1.29, 1.82) is 0 Å². The number of anilines is 1. The number of benzene rings is 2. The van der Waals surface area contributed by atoms with Gasteiger partial charge < -0.3 is 15.1 Å². The molecule has 1 unspecified atom stereocenters. The number of carbonyl (C=O) groups is 3. The van der Waals surface area contributed by atoms with E-state index in [4.69, 9.17) is 4.99 Å². The summed E-state index contributed by atoms with van der Waals surface area (Å²) in [7, 11) is 1.56. The number of aliphatic imine (C=N–C) groups is 1. The first-order valence-electron chi connectivity index (χ1n) is 13.1. The van der Waals surface area contributed by atoms with Gasteiger partial charge in [-0.05, 0) is 43.4 Å². The highest BCUT2D eigenvalue weighted by molar-refractivity contribution is 6.20. The molecule has 0 aromatic heterocycles. The van der Waals surface area contributed by atoms with Crippen molar-refractivity contribution in [3.8, 4) is 0 Å². The summed E-state index contributed by atoms with van der Waals surface area (Å²) >= 11 is 0. The van der Waals surface area contributed by atoms with Crippen molar-refractivity contribution in [1.82, 2.24) is 10.2 Å². The van der Waals surface area contributed by atoms with E-state index in [-0.39, 0.29) is 11.6 Å². The van der Waals surface area contributed by atoms with Gasteiger partial charge >= 0.3 is 6.18 Å². The van der Waals surface area contributed by atoms with E-state index in [0.29, 0.717) is 61.4 Å². The van der Waals surface area contributed by atoms with Gasteiger partial charge in [0.15, 0.2) is 0 Å². The lowest BCUT2D eigenvalue weighted by Gasteiger charge is -2.40. The second-order valence-corrected chi connectivity index (χ2v) is 10.5. The maximum Gasteiger partial charge on any atom is 0.416 e. The third-order valence-corrected chi connectivity index (χ3v) is 7.54. The van der Waals surface area contributed by atoms with E-state index in [1.165, 1.54) is 21.9 Å². The van der Waals surface area contributed by atoms with Crippen molar-refractivity contribution >= 4 is 29.6 Å². The number of hydrogen-bond donors (Lipinski definition) is 1. The fraction of sp³-hybridized carbons (Fsp3) is 0.448. The van der Waals surface area contributed by atoms with Gasteiger partial charge in [0.05, 0.1) is 17.0 Å². The summed E-state index contributed by atoms with van der Waals surface area (Å²) in [6.45, 7) is 4.53. The minimum absolute atomic E-state index is 0.266. The van der Waals surface area contributed by atoms with Crippen LogP contribution in [0.2, 0.25) is 0 Å². The lowest BCUT2D eigenvalue weighted by molar-refractivity contribution is -0.147. The fourth-order valence-electron chi connectivity index (χ4n) is 5.33. The third kappa shape index (κ3) is 5.55. The molecule has 1 aliphatic carbocycles. The number of para-hydroxylation sites is 1. The molecule has 2 aromatic rings. The molecule has 1 aliphatic heterocycles. The topological polar surface area (TPSA) is 82.1 Å². The largest absolute Gasteiger partial charge is 0.416 e. The first-order chi connectivity index (χ1) is 18.5. The Hall–Kier alpha value is -3.69. The first kappa shape index (κ1) is 28.3. The normalized spacial score (nSPS) is 18.8. The number of hydrogen-bond acceptors (Lipinski definition) is 4. The number of benzodiazepines with no additional fused rings is 1. The first-order valence-corrected chi connectivity index (χ1v) is 13.1. The molecule has 1 saturated carbocycles. The molecular weight excluding hydrogens is 509 g/mol. The summed E-state index contributed by atoms with van der Waals surface area (Å²) in [5.74, 6) is -0.465. The predicted molar refractivity (Wildman–Crippen MR) is 142 cm³/mol. The van der Waals surface area contributed by atoms with Gasteiger partial charge in [-0.15, -0.1) is 0 Å². The number of carbonyl (C=O) groups excluding carboxylic acids is 3. The lowest BCUT2D eigenvalue weighted by atomic mass is 9.93. The molecule has 3 amide bonds. The van der Waals surface area contributed by atoms with Crippen LogP contribution in [0.25, 0.3) is 0 Å². The highest BCUT2D eigenvalue weighted by Crippen LogP contribution is 2.39. The molecule has 1 heterocycles. The van der Waals surface area contributed by atoms with Crippen LogP contribution in [0.1, 0.15) is 62.6 Å². The number of nitrogens with zero attached hydrogens (tertiary/aromatic N) is 3. The van der Waals surface area contributed by atoms with Gasteiger partial charge in [0.1, 0.15) is 5.54 Å². The zero-order valence-electron chi connectivity index (χ0n) is 22.3. The SMILES string of the molecule is CC(C)CCNC(=O)C1(N(C=O)C2N=C(c3ccc(C(F)(F)F)cc3)c3ccccc3N(C)C2=O)CCCC1. The molecule has 1 fully saturated rings. The van der Waals surface area contributed by atoms with Gasteiger partial charge in [0.25, 0.3) is 5.91 Å². The number of rotatable bonds is 8. The molecule has 7 nitrogen and oxygen atoms in total. The van der Waals surface area contributed by atoms with Gasteiger partial charge in [-0.25, -0.2) is 4.99 Å². The van der Waals surface area contributed by atoms with Crippen molar-refractivity contribution < 1.29 is 27.6 Å². The van der Waals surface area contributed by atoms with Crippen LogP contribution < -0.4 is 10.2 Å². The molecule has 208 valence electrons. The molecule has 39 heavy (non-hydrogen) atoms. The zero-order valence-corrected chi connectivity index (χ0v) is 22.3. The summed E-state index contributed by atoms with van der Waals surface area (Å²) in [6.07, 6.45) is -2.45. The quantitative estimate of drug-likeness (QED) is 0.488. The van der Waals surface area contributed by atoms with E-state index in [1.54, 1.807) is 31.3 Å². The number of alkyl halides is 3. The number of halogens is 3. The summed E-state index contributed by atoms with van der Waals surface area (Å²) in [5, 5.41) is 2.95. The Bertz CT molecular complexity index is 1250. The molecule has 2 aliphatic rings. The molecule has 0 spiro atoms. The standard InChI is InChI=1S/C29H33F3N4O3/c1-19(2)14-17-33-27(39)28(15-6-7-16-28)36(18-37)25-26(38)35(3)23-9-5-4-8-22(23)24(34-25)20-10-12-21(13-11-20)29(30,31)32/h4-5,8-13,18-19,25H,6-7,14-17H2,1-3H3,(H,33,39). The fourth-order valence-corrected chi connectivity index (χ4v) is 5.33. The van der Waals surface area contributed by atoms with E-state index < -0.39 is 29.4 Å². The van der Waals surface area contributed by atoms with Crippen LogP contribution in [0.4, 0.5) is 18.9 Å². The van der Waals surface area contributed by atoms with Crippen molar-refractivity contribution in [2.75, 3.05) is 18.5 Å². The summed E-state index contributed by atoms with van der Waals surface area (Å²) in [6, 6.07) is 11.5. The molecule has 2 aromatic carbocycles. The lowest BCUT2D eigenvalue weighted by Crippen LogP contribution is -2.62. The van der Waals surface area contributed by atoms with E-state index in [9.17, 15) is 27.6 Å². The summed E-state index contributed by atoms with van der Waals surface area (Å²) < 4.78 is 39.7. The van der Waals surface area contributed by atoms with Crippen LogP contribution in [0.15, 0.2) is 53.5 Å². The van der Waals surface area contributed by atoms with Gasteiger partial charge in [-0.1, -0.05) is 57.0 Å². The van der Waals surface area contributed by atoms with E-state index in [2.05, 4.69) is 5.32 Å². The predicted octanol–water partition coefficient (Wildman–Crippen LogP) is 4.78. The average molecular weight is 543 g/mol. The molecule has 4 rings (SSSR count). The monoisotopic (exact) mass is 542 g/mol. The van der Waals surface area contributed by atoms with Gasteiger partial charge in [-0.2, -0.15) is 13.2 Å². The molecule has 0 saturated heterocycles. The number of likely N-dealkylation sites (N-methyl/N-ethyl adjacent to an activating group) is 1. The molecule has 10 heteroatoms. The molecular formula is C29H33F3N4O3. The second kappa shape index (κ2) is 11.2.